The van der Waals surface area contributed by atoms with Crippen LogP contribution in [0.5, 0.6) is 5.75 Å². The molecule has 142 valence electrons. The lowest BCUT2D eigenvalue weighted by molar-refractivity contribution is 0.0955. The van der Waals surface area contributed by atoms with Gasteiger partial charge in [-0.05, 0) is 83.1 Å². The summed E-state index contributed by atoms with van der Waals surface area (Å²) in [5.41, 5.74) is 6.22. The van der Waals surface area contributed by atoms with Gasteiger partial charge in [0.15, 0.2) is 0 Å². The average molecular weight is 505 g/mol. The van der Waals surface area contributed by atoms with Crippen molar-refractivity contribution >= 4 is 46.3 Å². The van der Waals surface area contributed by atoms with E-state index in [-0.39, 0.29) is 5.91 Å². The summed E-state index contributed by atoms with van der Waals surface area (Å²) >= 11 is 8.04. The fourth-order valence-corrected chi connectivity index (χ4v) is 3.21. The van der Waals surface area contributed by atoms with Crippen LogP contribution in [-0.4, -0.2) is 12.1 Å². The molecule has 0 aliphatic rings. The van der Waals surface area contributed by atoms with E-state index in [0.717, 1.165) is 20.4 Å². The Bertz CT molecular complexity index is 986. The van der Waals surface area contributed by atoms with Crippen molar-refractivity contribution in [3.05, 3.63) is 97.6 Å². The lowest BCUT2D eigenvalue weighted by Gasteiger charge is -2.09. The molecule has 3 aromatic carbocycles. The van der Waals surface area contributed by atoms with Gasteiger partial charge in [-0.25, -0.2) is 5.43 Å². The molecule has 0 saturated heterocycles. The van der Waals surface area contributed by atoms with Crippen LogP contribution < -0.4 is 10.2 Å². The molecular formula is C22H18ClIN2O2. The lowest BCUT2D eigenvalue weighted by atomic mass is 10.2. The Morgan fingerprint density at radius 3 is 2.50 bits per heavy atom. The predicted molar refractivity (Wildman–Crippen MR) is 121 cm³/mol. The molecule has 0 fully saturated rings. The monoisotopic (exact) mass is 504 g/mol. The molecule has 1 N–H and O–H groups in total. The van der Waals surface area contributed by atoms with Crippen molar-refractivity contribution in [3.8, 4) is 5.75 Å². The van der Waals surface area contributed by atoms with Gasteiger partial charge in [0.05, 0.1) is 9.78 Å². The standard InChI is InChI=1S/C22H18ClIN2O2/c1-15-2-4-16(5-3-15)14-28-21-11-6-17(12-20(21)24)13-25-26-22(27)18-7-9-19(23)10-8-18/h2-13H,14H2,1H3,(H,26,27)/b25-13-. The minimum atomic E-state index is -0.291. The number of nitrogens with one attached hydrogen (secondary N) is 1. The molecule has 0 heterocycles. The van der Waals surface area contributed by atoms with Gasteiger partial charge in [0.1, 0.15) is 12.4 Å². The Hall–Kier alpha value is -2.38. The number of hydrogen-bond acceptors (Lipinski definition) is 3. The Balaban J connectivity index is 1.57. The van der Waals surface area contributed by atoms with Crippen molar-refractivity contribution in [2.24, 2.45) is 5.10 Å². The minimum Gasteiger partial charge on any atom is -0.488 e. The fraction of sp³-hybridized carbons (Fsp3) is 0.0909. The molecule has 0 aliphatic carbocycles. The molecule has 0 aromatic heterocycles. The third kappa shape index (κ3) is 5.81. The van der Waals surface area contributed by atoms with Crippen LogP contribution in [0, 0.1) is 10.5 Å². The summed E-state index contributed by atoms with van der Waals surface area (Å²) in [6.45, 7) is 2.58. The molecule has 3 rings (SSSR count). The zero-order chi connectivity index (χ0) is 19.9. The van der Waals surface area contributed by atoms with Gasteiger partial charge in [0.2, 0.25) is 0 Å². The highest BCUT2D eigenvalue weighted by Crippen LogP contribution is 2.22. The minimum absolute atomic E-state index is 0.291. The van der Waals surface area contributed by atoms with Crippen molar-refractivity contribution in [1.29, 1.82) is 0 Å². The van der Waals surface area contributed by atoms with E-state index >= 15 is 0 Å². The van der Waals surface area contributed by atoms with Gasteiger partial charge in [0.25, 0.3) is 5.91 Å². The molecule has 0 radical (unpaired) electrons. The molecule has 28 heavy (non-hydrogen) atoms. The summed E-state index contributed by atoms with van der Waals surface area (Å²) in [5.74, 6) is 0.518. The first-order valence-corrected chi connectivity index (χ1v) is 10.0. The number of rotatable bonds is 6. The van der Waals surface area contributed by atoms with E-state index in [1.807, 2.05) is 18.2 Å². The summed E-state index contributed by atoms with van der Waals surface area (Å²) in [7, 11) is 0. The third-order valence-electron chi connectivity index (χ3n) is 3.96. The SMILES string of the molecule is Cc1ccc(COc2ccc(/C=N\NC(=O)c3ccc(Cl)cc3)cc2I)cc1. The third-order valence-corrected chi connectivity index (χ3v) is 5.05. The van der Waals surface area contributed by atoms with Crippen LogP contribution in [0.2, 0.25) is 5.02 Å². The van der Waals surface area contributed by atoms with Gasteiger partial charge in [-0.1, -0.05) is 41.4 Å². The summed E-state index contributed by atoms with van der Waals surface area (Å²) in [6, 6.07) is 20.6. The quantitative estimate of drug-likeness (QED) is 0.270. The Morgan fingerprint density at radius 1 is 1.11 bits per heavy atom. The van der Waals surface area contributed by atoms with Crippen LogP contribution >= 0.6 is 34.2 Å². The number of hydrazone groups is 1. The summed E-state index contributed by atoms with van der Waals surface area (Å²) in [4.78, 5) is 12.0. The van der Waals surface area contributed by atoms with E-state index in [1.54, 1.807) is 30.5 Å². The average Bonchev–Trinajstić information content (AvgIpc) is 2.69. The number of ether oxygens (including phenoxy) is 1. The zero-order valence-electron chi connectivity index (χ0n) is 15.2. The van der Waals surface area contributed by atoms with Crippen molar-refractivity contribution in [2.75, 3.05) is 0 Å². The zero-order valence-corrected chi connectivity index (χ0v) is 18.1. The molecule has 4 nitrogen and oxygen atoms in total. The van der Waals surface area contributed by atoms with Crippen LogP contribution in [0.25, 0.3) is 0 Å². The molecule has 0 aliphatic heterocycles. The second-order valence-corrected chi connectivity index (χ2v) is 7.77. The van der Waals surface area contributed by atoms with Crippen molar-refractivity contribution in [2.45, 2.75) is 13.5 Å². The number of amides is 1. The van der Waals surface area contributed by atoms with Crippen LogP contribution in [0.1, 0.15) is 27.0 Å². The fourth-order valence-electron chi connectivity index (χ4n) is 2.39. The molecular weight excluding hydrogens is 487 g/mol. The van der Waals surface area contributed by atoms with Crippen molar-refractivity contribution < 1.29 is 9.53 Å². The molecule has 0 atom stereocenters. The normalized spacial score (nSPS) is 10.8. The van der Waals surface area contributed by atoms with Crippen LogP contribution in [0.15, 0.2) is 71.8 Å². The first-order chi connectivity index (χ1) is 13.5. The number of hydrogen-bond donors (Lipinski definition) is 1. The van der Waals surface area contributed by atoms with Crippen molar-refractivity contribution in [1.82, 2.24) is 5.43 Å². The molecule has 6 heteroatoms. The van der Waals surface area contributed by atoms with Gasteiger partial charge in [0, 0.05) is 10.6 Å². The molecule has 0 bridgehead atoms. The highest BCUT2D eigenvalue weighted by Gasteiger charge is 2.05. The predicted octanol–water partition coefficient (Wildman–Crippen LogP) is 5.60. The van der Waals surface area contributed by atoms with Gasteiger partial charge in [-0.2, -0.15) is 5.10 Å². The highest BCUT2D eigenvalue weighted by molar-refractivity contribution is 14.1. The van der Waals surface area contributed by atoms with E-state index < -0.39 is 0 Å². The second-order valence-electron chi connectivity index (χ2n) is 6.17. The number of nitrogens with zero attached hydrogens (tertiary/aromatic N) is 1. The molecule has 0 saturated carbocycles. The number of benzene rings is 3. The number of carbonyl (C=O) groups is 1. The van der Waals surface area contributed by atoms with Crippen LogP contribution in [0.3, 0.4) is 0 Å². The second kappa shape index (κ2) is 9.71. The Kier molecular flexibility index (Phi) is 7.06. The van der Waals surface area contributed by atoms with E-state index in [2.05, 4.69) is 64.3 Å². The Labute approximate surface area is 182 Å². The maximum Gasteiger partial charge on any atom is 0.271 e. The number of carbonyl (C=O) groups excluding carboxylic acids is 1. The van der Waals surface area contributed by atoms with Crippen LogP contribution in [-0.2, 0) is 6.61 Å². The molecule has 0 unspecified atom stereocenters. The molecule has 0 spiro atoms. The number of aryl methyl sites for hydroxylation is 1. The van der Waals surface area contributed by atoms with Gasteiger partial charge in [-0.15, -0.1) is 0 Å². The highest BCUT2D eigenvalue weighted by atomic mass is 127. The van der Waals surface area contributed by atoms with E-state index in [4.69, 9.17) is 16.3 Å². The first-order valence-electron chi connectivity index (χ1n) is 8.58. The van der Waals surface area contributed by atoms with Crippen molar-refractivity contribution in [3.63, 3.8) is 0 Å². The lowest BCUT2D eigenvalue weighted by Crippen LogP contribution is -2.17. The largest absolute Gasteiger partial charge is 0.488 e. The summed E-state index contributed by atoms with van der Waals surface area (Å²) in [5, 5.41) is 4.59. The maximum absolute atomic E-state index is 12.0. The van der Waals surface area contributed by atoms with Gasteiger partial charge < -0.3 is 4.74 Å². The molecule has 3 aromatic rings. The van der Waals surface area contributed by atoms with Crippen LogP contribution in [0.4, 0.5) is 0 Å². The topological polar surface area (TPSA) is 50.7 Å². The van der Waals surface area contributed by atoms with E-state index in [0.29, 0.717) is 17.2 Å². The first kappa shape index (κ1) is 20.4. The summed E-state index contributed by atoms with van der Waals surface area (Å²) < 4.78 is 6.87. The Morgan fingerprint density at radius 2 is 1.82 bits per heavy atom. The maximum atomic E-state index is 12.0. The van der Waals surface area contributed by atoms with Gasteiger partial charge in [-0.3, -0.25) is 4.79 Å². The van der Waals surface area contributed by atoms with E-state index in [9.17, 15) is 4.79 Å². The smallest absolute Gasteiger partial charge is 0.271 e. The van der Waals surface area contributed by atoms with Gasteiger partial charge >= 0.3 is 0 Å². The molecule has 1 amide bonds. The number of halogens is 2. The summed E-state index contributed by atoms with van der Waals surface area (Å²) in [6.07, 6.45) is 1.60. The van der Waals surface area contributed by atoms with E-state index in [1.165, 1.54) is 5.56 Å².